The highest BCUT2D eigenvalue weighted by Crippen LogP contribution is 2.13. The van der Waals surface area contributed by atoms with E-state index in [2.05, 4.69) is 27.3 Å². The number of anilines is 1. The second-order valence-corrected chi connectivity index (χ2v) is 7.55. The van der Waals surface area contributed by atoms with Gasteiger partial charge in [0.1, 0.15) is 5.82 Å². The number of carbonyl (C=O) groups is 2. The van der Waals surface area contributed by atoms with Crippen LogP contribution in [0.25, 0.3) is 0 Å². The van der Waals surface area contributed by atoms with Gasteiger partial charge in [-0.05, 0) is 37.5 Å². The van der Waals surface area contributed by atoms with Crippen LogP contribution in [0.4, 0.5) is 5.82 Å². The Kier molecular flexibility index (Phi) is 7.61. The molecule has 3 rings (SSSR count). The first-order valence-electron chi connectivity index (χ1n) is 10.4. The van der Waals surface area contributed by atoms with Crippen LogP contribution in [0.15, 0.2) is 54.7 Å². The SMILES string of the molecule is CC(CCc1ccccc1)NC(=O)CCC(=O)N1CCN(c2ccccn2)CC1. The molecular weight excluding hydrogens is 364 g/mol. The molecule has 0 saturated carbocycles. The summed E-state index contributed by atoms with van der Waals surface area (Å²) >= 11 is 0. The number of hydrogen-bond acceptors (Lipinski definition) is 4. The average molecular weight is 395 g/mol. The summed E-state index contributed by atoms with van der Waals surface area (Å²) in [5.74, 6) is 0.951. The second-order valence-electron chi connectivity index (χ2n) is 7.55. The number of hydrogen-bond donors (Lipinski definition) is 1. The summed E-state index contributed by atoms with van der Waals surface area (Å²) in [5, 5.41) is 3.01. The van der Waals surface area contributed by atoms with Crippen LogP contribution in [-0.2, 0) is 16.0 Å². The maximum absolute atomic E-state index is 12.5. The van der Waals surface area contributed by atoms with Gasteiger partial charge in [-0.15, -0.1) is 0 Å². The van der Waals surface area contributed by atoms with Crippen molar-refractivity contribution in [3.8, 4) is 0 Å². The fraction of sp³-hybridized carbons (Fsp3) is 0.435. The van der Waals surface area contributed by atoms with Crippen molar-refractivity contribution in [2.45, 2.75) is 38.6 Å². The molecule has 1 aliphatic rings. The Morgan fingerprint density at radius 3 is 2.41 bits per heavy atom. The van der Waals surface area contributed by atoms with Crippen LogP contribution in [0.2, 0.25) is 0 Å². The lowest BCUT2D eigenvalue weighted by Gasteiger charge is -2.35. The molecule has 0 bridgehead atoms. The zero-order chi connectivity index (χ0) is 20.5. The van der Waals surface area contributed by atoms with E-state index in [1.807, 2.05) is 48.2 Å². The van der Waals surface area contributed by atoms with Gasteiger partial charge in [-0.3, -0.25) is 9.59 Å². The predicted molar refractivity (Wildman–Crippen MR) is 115 cm³/mol. The van der Waals surface area contributed by atoms with Crippen LogP contribution < -0.4 is 10.2 Å². The van der Waals surface area contributed by atoms with Crippen molar-refractivity contribution in [3.63, 3.8) is 0 Å². The molecule has 2 amide bonds. The molecule has 2 heterocycles. The molecule has 2 aromatic rings. The topological polar surface area (TPSA) is 65.5 Å². The van der Waals surface area contributed by atoms with E-state index in [0.717, 1.165) is 31.7 Å². The Balaban J connectivity index is 1.33. The van der Waals surface area contributed by atoms with Crippen molar-refractivity contribution in [2.24, 2.45) is 0 Å². The van der Waals surface area contributed by atoms with Gasteiger partial charge in [0.05, 0.1) is 0 Å². The highest BCUT2D eigenvalue weighted by molar-refractivity contribution is 5.84. The van der Waals surface area contributed by atoms with E-state index in [-0.39, 0.29) is 30.7 Å². The average Bonchev–Trinajstić information content (AvgIpc) is 2.77. The van der Waals surface area contributed by atoms with Gasteiger partial charge in [-0.1, -0.05) is 36.4 Å². The molecule has 6 heteroatoms. The molecule has 154 valence electrons. The monoisotopic (exact) mass is 394 g/mol. The number of rotatable bonds is 8. The van der Waals surface area contributed by atoms with Gasteiger partial charge < -0.3 is 15.1 Å². The number of piperazine rings is 1. The van der Waals surface area contributed by atoms with Gasteiger partial charge in [-0.2, -0.15) is 0 Å². The summed E-state index contributed by atoms with van der Waals surface area (Å²) in [5.41, 5.74) is 1.27. The number of carbonyl (C=O) groups excluding carboxylic acids is 2. The smallest absolute Gasteiger partial charge is 0.223 e. The first-order valence-corrected chi connectivity index (χ1v) is 10.4. The minimum absolute atomic E-state index is 0.0500. The molecule has 1 saturated heterocycles. The number of aryl methyl sites for hydroxylation is 1. The number of aromatic nitrogens is 1. The molecule has 1 aromatic carbocycles. The highest BCUT2D eigenvalue weighted by Gasteiger charge is 2.22. The number of pyridine rings is 1. The summed E-state index contributed by atoms with van der Waals surface area (Å²) in [4.78, 5) is 33.0. The second kappa shape index (κ2) is 10.6. The molecule has 0 spiro atoms. The van der Waals surface area contributed by atoms with Crippen LogP contribution >= 0.6 is 0 Å². The van der Waals surface area contributed by atoms with Crippen LogP contribution in [0, 0.1) is 0 Å². The van der Waals surface area contributed by atoms with Gasteiger partial charge in [-0.25, -0.2) is 4.98 Å². The minimum Gasteiger partial charge on any atom is -0.354 e. The Bertz CT molecular complexity index is 774. The molecule has 1 aliphatic heterocycles. The molecule has 0 aliphatic carbocycles. The summed E-state index contributed by atoms with van der Waals surface area (Å²) in [6.45, 7) is 4.89. The molecule has 1 fully saturated rings. The van der Waals surface area contributed by atoms with E-state index in [1.54, 1.807) is 6.20 Å². The first-order chi connectivity index (χ1) is 14.1. The van der Waals surface area contributed by atoms with Crippen LogP contribution in [0.1, 0.15) is 31.7 Å². The number of benzene rings is 1. The van der Waals surface area contributed by atoms with Crippen molar-refractivity contribution in [3.05, 3.63) is 60.3 Å². The summed E-state index contributed by atoms with van der Waals surface area (Å²) in [6.07, 6.45) is 4.11. The van der Waals surface area contributed by atoms with Crippen LogP contribution in [0.3, 0.4) is 0 Å². The van der Waals surface area contributed by atoms with Crippen LogP contribution in [0.5, 0.6) is 0 Å². The van der Waals surface area contributed by atoms with Crippen molar-refractivity contribution >= 4 is 17.6 Å². The highest BCUT2D eigenvalue weighted by atomic mass is 16.2. The normalized spacial score (nSPS) is 15.1. The molecule has 1 N–H and O–H groups in total. The van der Waals surface area contributed by atoms with E-state index in [9.17, 15) is 9.59 Å². The summed E-state index contributed by atoms with van der Waals surface area (Å²) in [7, 11) is 0. The van der Waals surface area contributed by atoms with Gasteiger partial charge in [0.25, 0.3) is 0 Å². The lowest BCUT2D eigenvalue weighted by atomic mass is 10.1. The fourth-order valence-electron chi connectivity index (χ4n) is 3.55. The van der Waals surface area contributed by atoms with Gasteiger partial charge in [0.15, 0.2) is 0 Å². The molecule has 1 aromatic heterocycles. The molecular formula is C23H30N4O2. The Morgan fingerprint density at radius 1 is 1.00 bits per heavy atom. The van der Waals surface area contributed by atoms with E-state index < -0.39 is 0 Å². The van der Waals surface area contributed by atoms with E-state index in [0.29, 0.717) is 13.1 Å². The zero-order valence-corrected chi connectivity index (χ0v) is 17.1. The third kappa shape index (κ3) is 6.59. The van der Waals surface area contributed by atoms with Gasteiger partial charge in [0.2, 0.25) is 11.8 Å². The van der Waals surface area contributed by atoms with Crippen molar-refractivity contribution in [1.29, 1.82) is 0 Å². The maximum Gasteiger partial charge on any atom is 0.223 e. The van der Waals surface area contributed by atoms with Crippen molar-refractivity contribution < 1.29 is 9.59 Å². The van der Waals surface area contributed by atoms with Crippen LogP contribution in [-0.4, -0.2) is 53.9 Å². The molecule has 1 unspecified atom stereocenters. The lowest BCUT2D eigenvalue weighted by molar-refractivity contribution is -0.134. The zero-order valence-electron chi connectivity index (χ0n) is 17.1. The largest absolute Gasteiger partial charge is 0.354 e. The Labute approximate surface area is 172 Å². The number of amides is 2. The minimum atomic E-state index is -0.0500. The Hall–Kier alpha value is -2.89. The third-order valence-electron chi connectivity index (χ3n) is 5.29. The Morgan fingerprint density at radius 2 is 1.72 bits per heavy atom. The summed E-state index contributed by atoms with van der Waals surface area (Å²) in [6, 6.07) is 16.2. The quantitative estimate of drug-likeness (QED) is 0.748. The van der Waals surface area contributed by atoms with Crippen molar-refractivity contribution in [1.82, 2.24) is 15.2 Å². The van der Waals surface area contributed by atoms with Gasteiger partial charge >= 0.3 is 0 Å². The molecule has 29 heavy (non-hydrogen) atoms. The van der Waals surface area contributed by atoms with E-state index >= 15 is 0 Å². The first kappa shape index (κ1) is 20.8. The lowest BCUT2D eigenvalue weighted by Crippen LogP contribution is -2.49. The number of nitrogens with one attached hydrogen (secondary N) is 1. The standard InChI is InChI=1S/C23H30N4O2/c1-19(10-11-20-7-3-2-4-8-20)25-22(28)12-13-23(29)27-17-15-26(16-18-27)21-9-5-6-14-24-21/h2-9,14,19H,10-13,15-18H2,1H3,(H,25,28). The molecule has 1 atom stereocenters. The van der Waals surface area contributed by atoms with Crippen molar-refractivity contribution in [2.75, 3.05) is 31.1 Å². The van der Waals surface area contributed by atoms with E-state index in [1.165, 1.54) is 5.56 Å². The predicted octanol–water partition coefficient (Wildman–Crippen LogP) is 2.65. The van der Waals surface area contributed by atoms with Gasteiger partial charge in [0, 0.05) is 51.3 Å². The number of nitrogens with zero attached hydrogens (tertiary/aromatic N) is 3. The molecule has 0 radical (unpaired) electrons. The third-order valence-corrected chi connectivity index (χ3v) is 5.29. The summed E-state index contributed by atoms with van der Waals surface area (Å²) < 4.78 is 0. The van der Waals surface area contributed by atoms with E-state index in [4.69, 9.17) is 0 Å². The maximum atomic E-state index is 12.5. The fourth-order valence-corrected chi connectivity index (χ4v) is 3.55. The molecule has 6 nitrogen and oxygen atoms in total.